The van der Waals surface area contributed by atoms with Crippen LogP contribution in [0.25, 0.3) is 0 Å². The molecular formula is C25H25N3O4. The molecule has 2 amide bonds. The fourth-order valence-corrected chi connectivity index (χ4v) is 3.56. The number of nitrogens with one attached hydrogen (secondary N) is 1. The number of rotatable bonds is 8. The van der Waals surface area contributed by atoms with Crippen LogP contribution >= 0.6 is 0 Å². The number of amides is 2. The first-order valence-electron chi connectivity index (χ1n) is 10.5. The van der Waals surface area contributed by atoms with Crippen molar-refractivity contribution in [2.75, 3.05) is 19.0 Å². The summed E-state index contributed by atoms with van der Waals surface area (Å²) in [6.07, 6.45) is 4.95. The molecule has 1 fully saturated rings. The third kappa shape index (κ3) is 5.24. The van der Waals surface area contributed by atoms with Gasteiger partial charge in [-0.15, -0.1) is 0 Å². The fourth-order valence-electron chi connectivity index (χ4n) is 3.56. The molecule has 1 saturated heterocycles. The molecule has 2 aromatic carbocycles. The van der Waals surface area contributed by atoms with Gasteiger partial charge >= 0.3 is 0 Å². The molecule has 7 nitrogen and oxygen atoms in total. The normalized spacial score (nSPS) is 13.2. The van der Waals surface area contributed by atoms with Crippen molar-refractivity contribution in [3.05, 3.63) is 83.7 Å². The van der Waals surface area contributed by atoms with Crippen molar-refractivity contribution in [2.45, 2.75) is 26.0 Å². The average Bonchev–Trinajstić information content (AvgIpc) is 3.23. The summed E-state index contributed by atoms with van der Waals surface area (Å²) in [7, 11) is 1.57. The third-order valence-electron chi connectivity index (χ3n) is 5.33. The lowest BCUT2D eigenvalue weighted by molar-refractivity contribution is -0.128. The molecule has 4 rings (SSSR count). The molecule has 2 heterocycles. The molecule has 32 heavy (non-hydrogen) atoms. The van der Waals surface area contributed by atoms with Crippen LogP contribution in [-0.4, -0.2) is 35.4 Å². The van der Waals surface area contributed by atoms with Gasteiger partial charge in [-0.3, -0.25) is 14.6 Å². The fraction of sp³-hybridized carbons (Fsp3) is 0.240. The Morgan fingerprint density at radius 3 is 2.50 bits per heavy atom. The van der Waals surface area contributed by atoms with E-state index in [4.69, 9.17) is 9.47 Å². The Bertz CT molecular complexity index is 1080. The topological polar surface area (TPSA) is 80.8 Å². The second-order valence-corrected chi connectivity index (χ2v) is 7.58. The number of hydrogen-bond donors (Lipinski definition) is 1. The number of methoxy groups -OCH3 is 1. The van der Waals surface area contributed by atoms with Crippen LogP contribution in [-0.2, 0) is 17.9 Å². The highest BCUT2D eigenvalue weighted by Gasteiger charge is 2.20. The first-order valence-corrected chi connectivity index (χ1v) is 10.5. The molecule has 0 unspecified atom stereocenters. The van der Waals surface area contributed by atoms with E-state index in [-0.39, 0.29) is 11.8 Å². The summed E-state index contributed by atoms with van der Waals surface area (Å²) < 4.78 is 11.3. The lowest BCUT2D eigenvalue weighted by Crippen LogP contribution is -2.23. The molecule has 0 saturated carbocycles. The smallest absolute Gasteiger partial charge is 0.255 e. The quantitative estimate of drug-likeness (QED) is 0.582. The molecule has 0 bridgehead atoms. The molecule has 0 aliphatic carbocycles. The molecule has 164 valence electrons. The Balaban J connectivity index is 1.40. The first-order chi connectivity index (χ1) is 15.6. The van der Waals surface area contributed by atoms with Crippen LogP contribution in [0.2, 0.25) is 0 Å². The zero-order valence-corrected chi connectivity index (χ0v) is 17.9. The monoisotopic (exact) mass is 431 g/mol. The van der Waals surface area contributed by atoms with E-state index in [2.05, 4.69) is 10.3 Å². The van der Waals surface area contributed by atoms with Crippen molar-refractivity contribution in [1.29, 1.82) is 0 Å². The lowest BCUT2D eigenvalue weighted by Gasteiger charge is -2.15. The van der Waals surface area contributed by atoms with Crippen molar-refractivity contribution < 1.29 is 19.1 Å². The van der Waals surface area contributed by atoms with Crippen LogP contribution in [0.4, 0.5) is 5.69 Å². The van der Waals surface area contributed by atoms with E-state index in [1.165, 1.54) is 0 Å². The molecule has 0 atom stereocenters. The molecule has 1 aromatic heterocycles. The Hall–Kier alpha value is -3.87. The van der Waals surface area contributed by atoms with Gasteiger partial charge in [-0.25, -0.2) is 0 Å². The summed E-state index contributed by atoms with van der Waals surface area (Å²) in [5.74, 6) is 1.08. The summed E-state index contributed by atoms with van der Waals surface area (Å²) in [5, 5.41) is 2.90. The molecule has 3 aromatic rings. The number of anilines is 1. The third-order valence-corrected chi connectivity index (χ3v) is 5.33. The minimum atomic E-state index is -0.223. The molecule has 1 N–H and O–H groups in total. The van der Waals surface area contributed by atoms with Gasteiger partial charge in [0.25, 0.3) is 5.91 Å². The standard InChI is InChI=1S/C25H25N3O4/c1-31-22-9-8-21(15-23(22)32-17-19-10-12-26-13-11-19)27-25(30)20-6-4-18(5-7-20)16-28-14-2-3-24(28)29/h4-13,15H,2-3,14,16-17H2,1H3,(H,27,30). The predicted molar refractivity (Wildman–Crippen MR) is 121 cm³/mol. The molecule has 7 heteroatoms. The van der Waals surface area contributed by atoms with Gasteiger partial charge in [-0.2, -0.15) is 0 Å². The lowest BCUT2D eigenvalue weighted by atomic mass is 10.1. The number of hydrogen-bond acceptors (Lipinski definition) is 5. The van der Waals surface area contributed by atoms with Gasteiger partial charge in [0.05, 0.1) is 7.11 Å². The second-order valence-electron chi connectivity index (χ2n) is 7.58. The number of carbonyl (C=O) groups excluding carboxylic acids is 2. The largest absolute Gasteiger partial charge is 0.493 e. The minimum Gasteiger partial charge on any atom is -0.493 e. The van der Waals surface area contributed by atoms with Crippen molar-refractivity contribution in [3.63, 3.8) is 0 Å². The van der Waals surface area contributed by atoms with Gasteiger partial charge in [0.2, 0.25) is 5.91 Å². The van der Waals surface area contributed by atoms with Gasteiger partial charge in [0.15, 0.2) is 11.5 Å². The average molecular weight is 431 g/mol. The van der Waals surface area contributed by atoms with E-state index >= 15 is 0 Å². The Kier molecular flexibility index (Phi) is 6.65. The van der Waals surface area contributed by atoms with Crippen LogP contribution in [0.3, 0.4) is 0 Å². The SMILES string of the molecule is COc1ccc(NC(=O)c2ccc(CN3CCCC3=O)cc2)cc1OCc1ccncc1. The maximum atomic E-state index is 12.7. The van der Waals surface area contributed by atoms with Crippen molar-refractivity contribution >= 4 is 17.5 Å². The predicted octanol–water partition coefficient (Wildman–Crippen LogP) is 4.04. The molecule has 0 radical (unpaired) electrons. The van der Waals surface area contributed by atoms with Gasteiger partial charge in [0, 0.05) is 49.2 Å². The molecule has 1 aliphatic rings. The maximum Gasteiger partial charge on any atom is 0.255 e. The number of aromatic nitrogens is 1. The van der Waals surface area contributed by atoms with Crippen molar-refractivity contribution in [3.8, 4) is 11.5 Å². The van der Waals surface area contributed by atoms with E-state index in [1.807, 2.05) is 29.2 Å². The van der Waals surface area contributed by atoms with E-state index in [1.54, 1.807) is 49.8 Å². The highest BCUT2D eigenvalue weighted by Crippen LogP contribution is 2.31. The molecular weight excluding hydrogens is 406 g/mol. The highest BCUT2D eigenvalue weighted by atomic mass is 16.5. The molecule has 0 spiro atoms. The Labute approximate surface area is 187 Å². The number of nitrogens with zero attached hydrogens (tertiary/aromatic N) is 2. The van der Waals surface area contributed by atoms with Gasteiger partial charge in [0.1, 0.15) is 6.61 Å². The van der Waals surface area contributed by atoms with E-state index in [0.29, 0.717) is 42.3 Å². The van der Waals surface area contributed by atoms with E-state index < -0.39 is 0 Å². The number of pyridine rings is 1. The molecule has 1 aliphatic heterocycles. The summed E-state index contributed by atoms with van der Waals surface area (Å²) in [4.78, 5) is 30.4. The van der Waals surface area contributed by atoms with Crippen LogP contribution in [0.5, 0.6) is 11.5 Å². The van der Waals surface area contributed by atoms with Crippen molar-refractivity contribution in [1.82, 2.24) is 9.88 Å². The summed E-state index contributed by atoms with van der Waals surface area (Å²) in [5.41, 5.74) is 3.13. The van der Waals surface area contributed by atoms with Gasteiger partial charge in [-0.05, 0) is 53.9 Å². The van der Waals surface area contributed by atoms with Crippen LogP contribution in [0.15, 0.2) is 67.0 Å². The number of carbonyl (C=O) groups is 2. The Morgan fingerprint density at radius 2 is 1.81 bits per heavy atom. The van der Waals surface area contributed by atoms with Gasteiger partial charge < -0.3 is 19.7 Å². The van der Waals surface area contributed by atoms with E-state index in [0.717, 1.165) is 24.1 Å². The first kappa shape index (κ1) is 21.4. The van der Waals surface area contributed by atoms with Crippen molar-refractivity contribution in [2.24, 2.45) is 0 Å². The number of ether oxygens (including phenoxy) is 2. The second kappa shape index (κ2) is 9.96. The summed E-state index contributed by atoms with van der Waals surface area (Å²) in [6, 6.07) is 16.3. The maximum absolute atomic E-state index is 12.7. The number of benzene rings is 2. The number of likely N-dealkylation sites (tertiary alicyclic amines) is 1. The van der Waals surface area contributed by atoms with Crippen LogP contribution in [0.1, 0.15) is 34.3 Å². The van der Waals surface area contributed by atoms with Gasteiger partial charge in [-0.1, -0.05) is 12.1 Å². The van der Waals surface area contributed by atoms with E-state index in [9.17, 15) is 9.59 Å². The Morgan fingerprint density at radius 1 is 1.03 bits per heavy atom. The minimum absolute atomic E-state index is 0.188. The zero-order valence-electron chi connectivity index (χ0n) is 17.9. The van der Waals surface area contributed by atoms with Crippen LogP contribution in [0, 0.1) is 0 Å². The highest BCUT2D eigenvalue weighted by molar-refractivity contribution is 6.04. The summed E-state index contributed by atoms with van der Waals surface area (Å²) in [6.45, 7) is 1.73. The van der Waals surface area contributed by atoms with Crippen LogP contribution < -0.4 is 14.8 Å². The zero-order chi connectivity index (χ0) is 22.3. The summed E-state index contributed by atoms with van der Waals surface area (Å²) >= 11 is 0.